The molecule has 2 aromatic carbocycles. The third-order valence-electron chi connectivity index (χ3n) is 4.43. The van der Waals surface area contributed by atoms with Crippen LogP contribution < -0.4 is 24.8 Å². The summed E-state index contributed by atoms with van der Waals surface area (Å²) in [4.78, 5) is 20.8. The summed E-state index contributed by atoms with van der Waals surface area (Å²) in [6.07, 6.45) is 2.98. The highest BCUT2D eigenvalue weighted by Crippen LogP contribution is 2.32. The number of ether oxygens (including phenoxy) is 3. The van der Waals surface area contributed by atoms with E-state index in [2.05, 4.69) is 20.6 Å². The highest BCUT2D eigenvalue weighted by atomic mass is 16.7. The number of carbonyl (C=O) groups excluding carboxylic acids is 1. The summed E-state index contributed by atoms with van der Waals surface area (Å²) in [6.45, 7) is 1.14. The van der Waals surface area contributed by atoms with E-state index in [1.807, 2.05) is 42.5 Å². The number of carbonyl (C=O) groups is 1. The van der Waals surface area contributed by atoms with Gasteiger partial charge in [0.05, 0.1) is 19.5 Å². The molecule has 3 aromatic rings. The lowest BCUT2D eigenvalue weighted by Gasteiger charge is -2.10. The molecule has 8 heteroatoms. The molecule has 8 nitrogen and oxygen atoms in total. The molecule has 1 aromatic heterocycles. The van der Waals surface area contributed by atoms with Crippen LogP contribution in [0.1, 0.15) is 21.6 Å². The summed E-state index contributed by atoms with van der Waals surface area (Å²) in [5.74, 6) is 2.48. The summed E-state index contributed by atoms with van der Waals surface area (Å²) in [5, 5.41) is 6.00. The number of methoxy groups -OCH3 is 1. The summed E-state index contributed by atoms with van der Waals surface area (Å²) < 4.78 is 16.0. The van der Waals surface area contributed by atoms with E-state index in [1.165, 1.54) is 12.4 Å². The minimum Gasteiger partial charge on any atom is -0.496 e. The average molecular weight is 392 g/mol. The van der Waals surface area contributed by atoms with Crippen molar-refractivity contribution in [3.63, 3.8) is 0 Å². The van der Waals surface area contributed by atoms with Gasteiger partial charge in [-0.1, -0.05) is 24.3 Å². The smallest absolute Gasteiger partial charge is 0.271 e. The van der Waals surface area contributed by atoms with E-state index >= 15 is 0 Å². The Morgan fingerprint density at radius 3 is 2.76 bits per heavy atom. The van der Waals surface area contributed by atoms with Crippen molar-refractivity contribution in [3.05, 3.63) is 71.7 Å². The van der Waals surface area contributed by atoms with Gasteiger partial charge in [0.1, 0.15) is 17.3 Å². The van der Waals surface area contributed by atoms with Crippen LogP contribution >= 0.6 is 0 Å². The number of amides is 1. The normalized spacial score (nSPS) is 11.8. The van der Waals surface area contributed by atoms with Crippen molar-refractivity contribution >= 4 is 11.7 Å². The van der Waals surface area contributed by atoms with E-state index in [4.69, 9.17) is 14.2 Å². The molecular formula is C21H20N4O4. The molecule has 2 N–H and O–H groups in total. The van der Waals surface area contributed by atoms with Gasteiger partial charge >= 0.3 is 0 Å². The van der Waals surface area contributed by atoms with Gasteiger partial charge < -0.3 is 24.8 Å². The van der Waals surface area contributed by atoms with Crippen molar-refractivity contribution in [2.24, 2.45) is 0 Å². The molecule has 2 heterocycles. The SMILES string of the molecule is COc1ccccc1CNC(=O)c1cnc(NCc2ccc3c(c2)OCO3)cn1. The molecule has 0 radical (unpaired) electrons. The molecule has 4 rings (SSSR count). The first-order valence-electron chi connectivity index (χ1n) is 9.07. The molecule has 0 spiro atoms. The van der Waals surface area contributed by atoms with Crippen LogP contribution in [0.15, 0.2) is 54.9 Å². The Kier molecular flexibility index (Phi) is 5.42. The van der Waals surface area contributed by atoms with Crippen molar-refractivity contribution in [3.8, 4) is 17.2 Å². The lowest BCUT2D eigenvalue weighted by Crippen LogP contribution is -2.24. The standard InChI is InChI=1S/C21H20N4O4/c1-27-17-5-3-2-4-15(17)10-25-21(26)16-11-24-20(12-22-16)23-9-14-6-7-18-19(8-14)29-13-28-18/h2-8,11-12H,9-10,13H2,1H3,(H,23,24)(H,25,26). The zero-order valence-electron chi connectivity index (χ0n) is 15.8. The van der Waals surface area contributed by atoms with Crippen molar-refractivity contribution in [2.75, 3.05) is 19.2 Å². The van der Waals surface area contributed by atoms with E-state index in [-0.39, 0.29) is 18.4 Å². The number of hydrogen-bond donors (Lipinski definition) is 2. The predicted molar refractivity (Wildman–Crippen MR) is 106 cm³/mol. The van der Waals surface area contributed by atoms with Gasteiger partial charge in [0.25, 0.3) is 5.91 Å². The third kappa shape index (κ3) is 4.37. The molecule has 0 fully saturated rings. The molecule has 0 atom stereocenters. The molecule has 0 bridgehead atoms. The fourth-order valence-electron chi connectivity index (χ4n) is 2.90. The maximum absolute atomic E-state index is 12.3. The molecule has 0 saturated carbocycles. The van der Waals surface area contributed by atoms with Gasteiger partial charge in [0.15, 0.2) is 11.5 Å². The van der Waals surface area contributed by atoms with E-state index in [1.54, 1.807) is 7.11 Å². The summed E-state index contributed by atoms with van der Waals surface area (Å²) >= 11 is 0. The quantitative estimate of drug-likeness (QED) is 0.638. The van der Waals surface area contributed by atoms with Gasteiger partial charge in [0, 0.05) is 18.7 Å². The summed E-state index contributed by atoms with van der Waals surface area (Å²) in [6, 6.07) is 13.3. The number of hydrogen-bond acceptors (Lipinski definition) is 7. The van der Waals surface area contributed by atoms with Crippen molar-refractivity contribution in [1.29, 1.82) is 0 Å². The maximum Gasteiger partial charge on any atom is 0.271 e. The zero-order chi connectivity index (χ0) is 20.1. The van der Waals surface area contributed by atoms with Gasteiger partial charge in [-0.15, -0.1) is 0 Å². The van der Waals surface area contributed by atoms with Crippen LogP contribution in [0.5, 0.6) is 17.2 Å². The second-order valence-corrected chi connectivity index (χ2v) is 6.32. The number of nitrogens with zero attached hydrogens (tertiary/aromatic N) is 2. The fraction of sp³-hybridized carbons (Fsp3) is 0.190. The van der Waals surface area contributed by atoms with Crippen LogP contribution in [0.4, 0.5) is 5.82 Å². The predicted octanol–water partition coefficient (Wildman–Crippen LogP) is 2.76. The topological polar surface area (TPSA) is 94.6 Å². The minimum atomic E-state index is -0.300. The molecule has 1 aliphatic heterocycles. The fourth-order valence-corrected chi connectivity index (χ4v) is 2.90. The Balaban J connectivity index is 1.32. The second-order valence-electron chi connectivity index (χ2n) is 6.32. The summed E-state index contributed by atoms with van der Waals surface area (Å²) in [7, 11) is 1.60. The third-order valence-corrected chi connectivity index (χ3v) is 4.43. The molecule has 0 saturated heterocycles. The number of benzene rings is 2. The highest BCUT2D eigenvalue weighted by molar-refractivity contribution is 5.92. The van der Waals surface area contributed by atoms with Gasteiger partial charge in [-0.3, -0.25) is 4.79 Å². The Morgan fingerprint density at radius 1 is 1.07 bits per heavy atom. The van der Waals surface area contributed by atoms with E-state index in [9.17, 15) is 4.79 Å². The molecule has 29 heavy (non-hydrogen) atoms. The van der Waals surface area contributed by atoms with Crippen molar-refractivity contribution < 1.29 is 19.0 Å². The lowest BCUT2D eigenvalue weighted by atomic mass is 10.2. The molecule has 1 amide bonds. The lowest BCUT2D eigenvalue weighted by molar-refractivity contribution is 0.0945. The van der Waals surface area contributed by atoms with E-state index in [0.717, 1.165) is 28.4 Å². The van der Waals surface area contributed by atoms with Crippen LogP contribution in [0.25, 0.3) is 0 Å². The van der Waals surface area contributed by atoms with Crippen LogP contribution in [0.2, 0.25) is 0 Å². The number of fused-ring (bicyclic) bond motifs is 1. The first kappa shape index (κ1) is 18.5. The zero-order valence-corrected chi connectivity index (χ0v) is 15.8. The monoisotopic (exact) mass is 392 g/mol. The van der Waals surface area contributed by atoms with Gasteiger partial charge in [-0.2, -0.15) is 0 Å². The highest BCUT2D eigenvalue weighted by Gasteiger charge is 2.13. The first-order chi connectivity index (χ1) is 14.2. The average Bonchev–Trinajstić information content (AvgIpc) is 3.24. The second kappa shape index (κ2) is 8.47. The number of rotatable bonds is 7. The van der Waals surface area contributed by atoms with Gasteiger partial charge in [0.2, 0.25) is 6.79 Å². The molecule has 0 aliphatic carbocycles. The number of anilines is 1. The maximum atomic E-state index is 12.3. The Morgan fingerprint density at radius 2 is 1.93 bits per heavy atom. The van der Waals surface area contributed by atoms with E-state index < -0.39 is 0 Å². The van der Waals surface area contributed by atoms with Crippen molar-refractivity contribution in [1.82, 2.24) is 15.3 Å². The number of para-hydroxylation sites is 1. The largest absolute Gasteiger partial charge is 0.496 e. The van der Waals surface area contributed by atoms with Crippen LogP contribution in [0.3, 0.4) is 0 Å². The van der Waals surface area contributed by atoms with Gasteiger partial charge in [-0.05, 0) is 23.8 Å². The Bertz CT molecular complexity index is 1010. The molecular weight excluding hydrogens is 372 g/mol. The van der Waals surface area contributed by atoms with Crippen molar-refractivity contribution in [2.45, 2.75) is 13.1 Å². The number of nitrogens with one attached hydrogen (secondary N) is 2. The Hall–Kier alpha value is -3.81. The Labute approximate surface area is 167 Å². The molecule has 1 aliphatic rings. The number of aromatic nitrogens is 2. The van der Waals surface area contributed by atoms with Crippen LogP contribution in [0, 0.1) is 0 Å². The van der Waals surface area contributed by atoms with Gasteiger partial charge in [-0.25, -0.2) is 9.97 Å². The molecule has 148 valence electrons. The van der Waals surface area contributed by atoms with E-state index in [0.29, 0.717) is 18.9 Å². The summed E-state index contributed by atoms with van der Waals surface area (Å²) in [5.41, 5.74) is 2.15. The van der Waals surface area contributed by atoms with Crippen LogP contribution in [-0.2, 0) is 13.1 Å². The first-order valence-corrected chi connectivity index (χ1v) is 9.07. The van der Waals surface area contributed by atoms with Crippen LogP contribution in [-0.4, -0.2) is 29.8 Å². The minimum absolute atomic E-state index is 0.244. The molecule has 0 unspecified atom stereocenters.